The van der Waals surface area contributed by atoms with Gasteiger partial charge in [0, 0.05) is 39.1 Å². The van der Waals surface area contributed by atoms with Gasteiger partial charge in [-0.1, -0.05) is 42.5 Å². The van der Waals surface area contributed by atoms with Crippen molar-refractivity contribution >= 4 is 50.2 Å². The largest absolute Gasteiger partial charge is 0.456 e. The summed E-state index contributed by atoms with van der Waals surface area (Å²) in [5, 5.41) is 1.08. The fourth-order valence-electron chi connectivity index (χ4n) is 5.84. The minimum atomic E-state index is 0.595. The van der Waals surface area contributed by atoms with Gasteiger partial charge in [0.1, 0.15) is 22.4 Å². The second-order valence-electron chi connectivity index (χ2n) is 11.1. The van der Waals surface area contributed by atoms with Crippen molar-refractivity contribution in [3.05, 3.63) is 152 Å². The second kappa shape index (κ2) is 10.6. The maximum atomic E-state index is 6.13. The first-order valence-corrected chi connectivity index (χ1v) is 15.1. The van der Waals surface area contributed by atoms with Crippen molar-refractivity contribution in [1.29, 1.82) is 0 Å². The van der Waals surface area contributed by atoms with Crippen molar-refractivity contribution in [3.8, 4) is 34.2 Å². The zero-order valence-electron chi connectivity index (χ0n) is 24.5. The van der Waals surface area contributed by atoms with E-state index in [2.05, 4.69) is 75.5 Å². The lowest BCUT2D eigenvalue weighted by atomic mass is 10.1. The van der Waals surface area contributed by atoms with Crippen molar-refractivity contribution in [2.45, 2.75) is 0 Å². The predicted octanol–water partition coefficient (Wildman–Crippen LogP) is 11.2. The van der Waals surface area contributed by atoms with Crippen LogP contribution in [-0.4, -0.2) is 9.97 Å². The SMILES string of the molecule is c1ccc2oc(-c3ccc(N(c4ccc(-c5nc6ccccc6o5)cc4)c4ccc(-c5nc6ccccc6o5)cc4)cc3)cc2c1. The highest BCUT2D eigenvalue weighted by Crippen LogP contribution is 2.38. The van der Waals surface area contributed by atoms with Gasteiger partial charge < -0.3 is 18.2 Å². The average Bonchev–Trinajstić information content (AvgIpc) is 3.86. The van der Waals surface area contributed by atoms with Gasteiger partial charge in [-0.05, 0) is 109 Å². The minimum absolute atomic E-state index is 0.595. The Morgan fingerprint density at radius 2 is 0.826 bits per heavy atom. The maximum absolute atomic E-state index is 6.13. The van der Waals surface area contributed by atoms with Crippen LogP contribution in [-0.2, 0) is 0 Å². The molecule has 0 saturated heterocycles. The molecule has 6 aromatic carbocycles. The Morgan fingerprint density at radius 1 is 0.391 bits per heavy atom. The van der Waals surface area contributed by atoms with Gasteiger partial charge in [-0.3, -0.25) is 0 Å². The van der Waals surface area contributed by atoms with Crippen LogP contribution < -0.4 is 4.90 Å². The van der Waals surface area contributed by atoms with Crippen LogP contribution in [0.25, 0.3) is 67.4 Å². The molecule has 9 aromatic rings. The number of rotatable bonds is 6. The number of fused-ring (bicyclic) bond motifs is 3. The van der Waals surface area contributed by atoms with Crippen molar-refractivity contribution in [2.75, 3.05) is 4.90 Å². The number of aromatic nitrogens is 2. The molecule has 0 amide bonds. The predicted molar refractivity (Wildman–Crippen MR) is 182 cm³/mol. The van der Waals surface area contributed by atoms with Gasteiger partial charge in [-0.15, -0.1) is 0 Å². The number of oxazole rings is 2. The first-order valence-electron chi connectivity index (χ1n) is 15.1. The van der Waals surface area contributed by atoms with Gasteiger partial charge in [0.25, 0.3) is 0 Å². The Kier molecular flexibility index (Phi) is 6.03. The molecule has 0 aliphatic carbocycles. The van der Waals surface area contributed by atoms with E-state index in [1.54, 1.807) is 0 Å². The minimum Gasteiger partial charge on any atom is -0.456 e. The van der Waals surface area contributed by atoms with Crippen LogP contribution in [0.15, 0.2) is 165 Å². The van der Waals surface area contributed by atoms with Gasteiger partial charge in [-0.2, -0.15) is 0 Å². The first kappa shape index (κ1) is 26.0. The molecule has 0 aliphatic rings. The van der Waals surface area contributed by atoms with E-state index in [1.165, 1.54) is 0 Å². The average molecular weight is 596 g/mol. The van der Waals surface area contributed by atoms with Crippen LogP contribution in [0, 0.1) is 0 Å². The molecule has 0 spiro atoms. The summed E-state index contributed by atoms with van der Waals surface area (Å²) in [4.78, 5) is 11.6. The Hall–Kier alpha value is -6.40. The zero-order valence-corrected chi connectivity index (χ0v) is 24.5. The molecular formula is C40H25N3O3. The van der Waals surface area contributed by atoms with E-state index in [1.807, 2.05) is 91.0 Å². The number of benzene rings is 6. The smallest absolute Gasteiger partial charge is 0.227 e. The molecule has 9 rings (SSSR count). The highest BCUT2D eigenvalue weighted by molar-refractivity contribution is 5.85. The van der Waals surface area contributed by atoms with Crippen LogP contribution in [0.2, 0.25) is 0 Å². The molecule has 0 unspecified atom stereocenters. The summed E-state index contributed by atoms with van der Waals surface area (Å²) in [5.74, 6) is 2.03. The third-order valence-corrected chi connectivity index (χ3v) is 8.17. The van der Waals surface area contributed by atoms with Crippen molar-refractivity contribution in [2.24, 2.45) is 0 Å². The van der Waals surface area contributed by atoms with Gasteiger partial charge in [0.05, 0.1) is 0 Å². The third kappa shape index (κ3) is 4.60. The Balaban J connectivity index is 1.09. The fraction of sp³-hybridized carbons (Fsp3) is 0. The first-order chi connectivity index (χ1) is 22.7. The number of hydrogen-bond donors (Lipinski definition) is 0. The molecule has 0 aliphatic heterocycles. The van der Waals surface area contributed by atoms with E-state index < -0.39 is 0 Å². The van der Waals surface area contributed by atoms with E-state index >= 15 is 0 Å². The standard InChI is InChI=1S/C40H25N3O3/c1-4-10-35-29(7-1)25-38(44-35)26-13-19-30(20-14-26)43(31-21-15-27(16-22-31)39-41-33-8-2-5-11-36(33)45-39)32-23-17-28(18-24-32)40-42-34-9-3-6-12-37(34)46-40/h1-25H. The Labute approximate surface area is 263 Å². The van der Waals surface area contributed by atoms with Crippen LogP contribution >= 0.6 is 0 Å². The van der Waals surface area contributed by atoms with Crippen molar-refractivity contribution < 1.29 is 13.3 Å². The van der Waals surface area contributed by atoms with Crippen molar-refractivity contribution in [1.82, 2.24) is 9.97 Å². The number of nitrogens with zero attached hydrogens (tertiary/aromatic N) is 3. The molecule has 0 bridgehead atoms. The van der Waals surface area contributed by atoms with Gasteiger partial charge >= 0.3 is 0 Å². The summed E-state index contributed by atoms with van der Waals surface area (Å²) in [5.41, 5.74) is 9.91. The molecule has 218 valence electrons. The third-order valence-electron chi connectivity index (χ3n) is 8.17. The molecule has 6 nitrogen and oxygen atoms in total. The summed E-state index contributed by atoms with van der Waals surface area (Å²) in [7, 11) is 0. The lowest BCUT2D eigenvalue weighted by Gasteiger charge is -2.26. The maximum Gasteiger partial charge on any atom is 0.227 e. The van der Waals surface area contributed by atoms with Crippen LogP contribution in [0.1, 0.15) is 0 Å². The van der Waals surface area contributed by atoms with Crippen molar-refractivity contribution in [3.63, 3.8) is 0 Å². The second-order valence-corrected chi connectivity index (χ2v) is 11.1. The highest BCUT2D eigenvalue weighted by atomic mass is 16.4. The van der Waals surface area contributed by atoms with E-state index in [-0.39, 0.29) is 0 Å². The molecule has 0 atom stereocenters. The topological polar surface area (TPSA) is 68.4 Å². The monoisotopic (exact) mass is 595 g/mol. The number of furan rings is 1. The summed E-state index contributed by atoms with van der Waals surface area (Å²) in [6, 6.07) is 50.7. The quantitative estimate of drug-likeness (QED) is 0.190. The molecule has 46 heavy (non-hydrogen) atoms. The van der Waals surface area contributed by atoms with Gasteiger partial charge in [-0.25, -0.2) is 9.97 Å². The van der Waals surface area contributed by atoms with Crippen LogP contribution in [0.5, 0.6) is 0 Å². The summed E-state index contributed by atoms with van der Waals surface area (Å²) < 4.78 is 18.2. The highest BCUT2D eigenvalue weighted by Gasteiger charge is 2.16. The van der Waals surface area contributed by atoms with Gasteiger partial charge in [0.2, 0.25) is 11.8 Å². The molecule has 0 N–H and O–H groups in total. The Morgan fingerprint density at radius 3 is 1.30 bits per heavy atom. The van der Waals surface area contributed by atoms with E-state index in [4.69, 9.17) is 13.3 Å². The summed E-state index contributed by atoms with van der Waals surface area (Å²) >= 11 is 0. The molecule has 6 heteroatoms. The van der Waals surface area contributed by atoms with Crippen LogP contribution in [0.3, 0.4) is 0 Å². The number of para-hydroxylation sites is 5. The van der Waals surface area contributed by atoms with Gasteiger partial charge in [0.15, 0.2) is 11.2 Å². The van der Waals surface area contributed by atoms with E-state index in [9.17, 15) is 0 Å². The number of anilines is 3. The molecular weight excluding hydrogens is 570 g/mol. The molecule has 0 saturated carbocycles. The molecule has 3 heterocycles. The van der Waals surface area contributed by atoms with Crippen LogP contribution in [0.4, 0.5) is 17.1 Å². The molecule has 0 radical (unpaired) electrons. The number of hydrogen-bond acceptors (Lipinski definition) is 6. The fourth-order valence-corrected chi connectivity index (χ4v) is 5.84. The Bertz CT molecular complexity index is 2090. The summed E-state index contributed by atoms with van der Waals surface area (Å²) in [6.07, 6.45) is 0. The lowest BCUT2D eigenvalue weighted by Crippen LogP contribution is -2.09. The van der Waals surface area contributed by atoms with E-state index in [0.29, 0.717) is 11.8 Å². The zero-order chi connectivity index (χ0) is 30.5. The molecule has 3 aromatic heterocycles. The summed E-state index contributed by atoms with van der Waals surface area (Å²) in [6.45, 7) is 0. The molecule has 0 fully saturated rings. The normalized spacial score (nSPS) is 11.5. The lowest BCUT2D eigenvalue weighted by molar-refractivity contribution is 0.619. The van der Waals surface area contributed by atoms with E-state index in [0.717, 1.165) is 72.7 Å².